The van der Waals surface area contributed by atoms with Crippen LogP contribution in [0, 0.1) is 0 Å². The van der Waals surface area contributed by atoms with Crippen LogP contribution in [0.1, 0.15) is 22.6 Å². The first-order valence-corrected chi connectivity index (χ1v) is 23.0. The summed E-state index contributed by atoms with van der Waals surface area (Å²) in [4.78, 5) is 33.9. The third kappa shape index (κ3) is 6.09. The average molecular weight is 687 g/mol. The fourth-order valence-electron chi connectivity index (χ4n) is 4.75. The molecule has 0 aliphatic carbocycles. The highest BCUT2D eigenvalue weighted by Gasteiger charge is 2.49. The molecule has 2 aromatic rings. The second-order valence-electron chi connectivity index (χ2n) is 11.9. The number of thiophene rings is 2. The Bertz CT molecular complexity index is 1150. The maximum atomic E-state index is 14.1. The van der Waals surface area contributed by atoms with Crippen LogP contribution in [-0.4, -0.2) is 50.9 Å². The second-order valence-corrected chi connectivity index (χ2v) is 28.1. The van der Waals surface area contributed by atoms with Gasteiger partial charge in [-0.15, -0.1) is 22.7 Å². The Balaban J connectivity index is 1.81. The third-order valence-electron chi connectivity index (χ3n) is 6.41. The van der Waals surface area contributed by atoms with Crippen LogP contribution in [0.25, 0.3) is 11.4 Å². The van der Waals surface area contributed by atoms with E-state index in [-0.39, 0.29) is 11.8 Å². The molecule has 194 valence electrons. The SMILES string of the molecule is C[Si](C)(C)CCCN1C(=O)C2=C(c3ccc(Br)s3)N(CCC[Si](C)(C)C)C(=O)C2=C1c1ccc(Br)s1. The molecular weight excluding hydrogens is 652 g/mol. The summed E-state index contributed by atoms with van der Waals surface area (Å²) in [5, 5.41) is 0. The quantitative estimate of drug-likeness (QED) is 0.235. The van der Waals surface area contributed by atoms with Crippen molar-refractivity contribution in [2.45, 2.75) is 64.2 Å². The van der Waals surface area contributed by atoms with Crippen molar-refractivity contribution >= 4 is 93.9 Å². The lowest BCUT2D eigenvalue weighted by Crippen LogP contribution is -2.32. The fraction of sp³-hybridized carbons (Fsp3) is 0.462. The summed E-state index contributed by atoms with van der Waals surface area (Å²) in [7, 11) is -2.48. The van der Waals surface area contributed by atoms with E-state index >= 15 is 0 Å². The summed E-state index contributed by atoms with van der Waals surface area (Å²) in [6.45, 7) is 15.5. The van der Waals surface area contributed by atoms with Gasteiger partial charge in [-0.3, -0.25) is 9.59 Å². The van der Waals surface area contributed by atoms with Crippen molar-refractivity contribution in [2.24, 2.45) is 0 Å². The van der Waals surface area contributed by atoms with E-state index in [0.29, 0.717) is 24.2 Å². The smallest absolute Gasteiger partial charge is 0.261 e. The van der Waals surface area contributed by atoms with E-state index in [1.165, 1.54) is 0 Å². The number of nitrogens with zero attached hydrogens (tertiary/aromatic N) is 2. The molecular formula is C26H34Br2N2O2S2Si2. The summed E-state index contributed by atoms with van der Waals surface area (Å²) >= 11 is 10.3. The highest BCUT2D eigenvalue weighted by Crippen LogP contribution is 2.49. The van der Waals surface area contributed by atoms with Crippen LogP contribution in [0.2, 0.25) is 51.4 Å². The van der Waals surface area contributed by atoms with Crippen molar-refractivity contribution in [3.05, 3.63) is 52.7 Å². The number of hydrogen-bond donors (Lipinski definition) is 0. The number of carbonyl (C=O) groups excluding carboxylic acids is 2. The zero-order valence-electron chi connectivity index (χ0n) is 21.8. The number of amides is 2. The maximum Gasteiger partial charge on any atom is 0.261 e. The fourth-order valence-corrected chi connectivity index (χ4v) is 10.1. The molecule has 0 bridgehead atoms. The van der Waals surface area contributed by atoms with Crippen LogP contribution in [0.3, 0.4) is 0 Å². The van der Waals surface area contributed by atoms with Crippen molar-refractivity contribution in [1.29, 1.82) is 0 Å². The van der Waals surface area contributed by atoms with Crippen LogP contribution >= 0.6 is 54.5 Å². The topological polar surface area (TPSA) is 40.6 Å². The Morgan fingerprint density at radius 1 is 0.667 bits per heavy atom. The molecule has 0 fully saturated rings. The van der Waals surface area contributed by atoms with Gasteiger partial charge in [0.15, 0.2) is 0 Å². The molecule has 2 amide bonds. The van der Waals surface area contributed by atoms with Gasteiger partial charge in [0.25, 0.3) is 11.8 Å². The average Bonchev–Trinajstić information content (AvgIpc) is 3.49. The molecule has 36 heavy (non-hydrogen) atoms. The lowest BCUT2D eigenvalue weighted by Gasteiger charge is -2.26. The normalized spacial score (nSPS) is 16.8. The third-order valence-corrected chi connectivity index (χ3v) is 13.4. The van der Waals surface area contributed by atoms with Gasteiger partial charge in [0.2, 0.25) is 0 Å². The summed E-state index contributed by atoms with van der Waals surface area (Å²) in [5.41, 5.74) is 2.78. The predicted octanol–water partition coefficient (Wildman–Crippen LogP) is 8.60. The van der Waals surface area contributed by atoms with Crippen LogP contribution < -0.4 is 0 Å². The zero-order valence-corrected chi connectivity index (χ0v) is 28.6. The monoisotopic (exact) mass is 684 g/mol. The number of halogens is 2. The molecule has 0 unspecified atom stereocenters. The van der Waals surface area contributed by atoms with E-state index < -0.39 is 16.1 Å². The second kappa shape index (κ2) is 10.8. The highest BCUT2D eigenvalue weighted by atomic mass is 79.9. The van der Waals surface area contributed by atoms with Gasteiger partial charge in [-0.25, -0.2) is 0 Å². The summed E-state index contributed by atoms with van der Waals surface area (Å²) in [6.07, 6.45) is 1.90. The van der Waals surface area contributed by atoms with Gasteiger partial charge in [-0.2, -0.15) is 0 Å². The van der Waals surface area contributed by atoms with Gasteiger partial charge >= 0.3 is 0 Å². The van der Waals surface area contributed by atoms with E-state index in [1.807, 2.05) is 34.1 Å². The number of carbonyl (C=O) groups is 2. The van der Waals surface area contributed by atoms with E-state index in [1.54, 1.807) is 22.7 Å². The summed E-state index contributed by atoms with van der Waals surface area (Å²) < 4.78 is 2.00. The molecule has 4 heterocycles. The van der Waals surface area contributed by atoms with Crippen LogP contribution in [0.4, 0.5) is 0 Å². The minimum absolute atomic E-state index is 0.0272. The molecule has 0 radical (unpaired) electrons. The first-order chi connectivity index (χ1) is 16.8. The molecule has 0 saturated heterocycles. The first kappa shape index (κ1) is 28.2. The van der Waals surface area contributed by atoms with E-state index in [9.17, 15) is 9.59 Å². The van der Waals surface area contributed by atoms with E-state index in [4.69, 9.17) is 0 Å². The molecule has 0 N–H and O–H groups in total. The molecule has 4 rings (SSSR count). The minimum Gasteiger partial charge on any atom is -0.306 e. The standard InChI is InChI=1S/C26H34Br2N2O2S2Si2/c1-35(2,3)15-7-13-29-23(17-9-11-19(27)33-17)21-22(25(29)31)24(18-10-12-20(28)34-18)30(26(21)32)14-8-16-36(4,5)6/h9-12H,7-8,13-16H2,1-6H3. The van der Waals surface area contributed by atoms with Gasteiger partial charge in [-0.1, -0.05) is 51.4 Å². The Hall–Kier alpha value is -0.786. The molecule has 0 spiro atoms. The van der Waals surface area contributed by atoms with Crippen molar-refractivity contribution < 1.29 is 9.59 Å². The van der Waals surface area contributed by atoms with Crippen LogP contribution in [0.15, 0.2) is 43.0 Å². The number of rotatable bonds is 10. The molecule has 10 heteroatoms. The molecule has 0 saturated carbocycles. The Morgan fingerprint density at radius 3 is 1.31 bits per heavy atom. The minimum atomic E-state index is -1.24. The van der Waals surface area contributed by atoms with Gasteiger partial charge < -0.3 is 9.80 Å². The van der Waals surface area contributed by atoms with Gasteiger partial charge in [0.1, 0.15) is 0 Å². The van der Waals surface area contributed by atoms with Gasteiger partial charge in [-0.05, 0) is 69.0 Å². The van der Waals surface area contributed by atoms with Crippen molar-refractivity contribution in [3.63, 3.8) is 0 Å². The van der Waals surface area contributed by atoms with Gasteiger partial charge in [0.05, 0.1) is 39.9 Å². The van der Waals surface area contributed by atoms with Crippen LogP contribution in [-0.2, 0) is 9.59 Å². The highest BCUT2D eigenvalue weighted by molar-refractivity contribution is 9.11. The lowest BCUT2D eigenvalue weighted by molar-refractivity contribution is -0.124. The van der Waals surface area contributed by atoms with Crippen LogP contribution in [0.5, 0.6) is 0 Å². The van der Waals surface area contributed by atoms with Crippen molar-refractivity contribution in [3.8, 4) is 0 Å². The van der Waals surface area contributed by atoms with E-state index in [0.717, 1.165) is 53.7 Å². The summed E-state index contributed by atoms with van der Waals surface area (Å²) in [5.74, 6) is -0.0543. The molecule has 4 nitrogen and oxygen atoms in total. The number of hydrogen-bond acceptors (Lipinski definition) is 4. The van der Waals surface area contributed by atoms with Gasteiger partial charge in [0, 0.05) is 29.2 Å². The molecule has 0 atom stereocenters. The molecule has 0 aromatic carbocycles. The van der Waals surface area contributed by atoms with Crippen molar-refractivity contribution in [2.75, 3.05) is 13.1 Å². The Kier molecular flexibility index (Phi) is 8.44. The first-order valence-electron chi connectivity index (χ1n) is 12.4. The molecule has 2 aliphatic rings. The molecule has 2 aromatic heterocycles. The maximum absolute atomic E-state index is 14.1. The largest absolute Gasteiger partial charge is 0.306 e. The Morgan fingerprint density at radius 2 is 1.03 bits per heavy atom. The summed E-state index contributed by atoms with van der Waals surface area (Å²) in [6, 6.07) is 10.4. The van der Waals surface area contributed by atoms with Crippen molar-refractivity contribution in [1.82, 2.24) is 9.80 Å². The predicted molar refractivity (Wildman–Crippen MR) is 167 cm³/mol. The molecule has 2 aliphatic heterocycles. The zero-order chi connectivity index (χ0) is 26.4. The van der Waals surface area contributed by atoms with E-state index in [2.05, 4.69) is 71.1 Å². The number of fused-ring (bicyclic) bond motifs is 1. The Labute approximate surface area is 241 Å². The lowest BCUT2D eigenvalue weighted by atomic mass is 10.1.